The number of nitrogens with one attached hydrogen (secondary N) is 1. The molecule has 0 aliphatic carbocycles. The third kappa shape index (κ3) is 4.70. The molecule has 0 bridgehead atoms. The summed E-state index contributed by atoms with van der Waals surface area (Å²) in [5.74, 6) is 1.10. The Labute approximate surface area is 170 Å². The van der Waals surface area contributed by atoms with Crippen LogP contribution < -0.4 is 11.2 Å². The number of H-pyrrole nitrogens is 1. The first-order valence-electron chi connectivity index (χ1n) is 8.85. The highest BCUT2D eigenvalue weighted by Gasteiger charge is 2.59. The molecule has 0 aromatic carbocycles. The van der Waals surface area contributed by atoms with Gasteiger partial charge in [0, 0.05) is 30.0 Å². The van der Waals surface area contributed by atoms with Gasteiger partial charge in [-0.15, -0.1) is 0 Å². The van der Waals surface area contributed by atoms with E-state index in [1.807, 2.05) is 5.38 Å². The van der Waals surface area contributed by atoms with Crippen LogP contribution in [0.15, 0.2) is 15.8 Å². The number of rotatable bonds is 6. The molecule has 158 valence electrons. The molecule has 1 aromatic heterocycles. The van der Waals surface area contributed by atoms with Crippen molar-refractivity contribution in [1.82, 2.24) is 9.55 Å². The monoisotopic (exact) mass is 428 g/mol. The Morgan fingerprint density at radius 2 is 2.00 bits per heavy atom. The molecule has 0 spiro atoms. The average Bonchev–Trinajstić information content (AvgIpc) is 2.94. The Hall–Kier alpha value is -2.61. The van der Waals surface area contributed by atoms with Crippen LogP contribution >= 0.6 is 11.6 Å². The minimum Gasteiger partial charge on any atom is -0.463 e. The molecule has 2 rings (SSSR count). The van der Waals surface area contributed by atoms with Gasteiger partial charge in [-0.3, -0.25) is 23.9 Å². The fourth-order valence-electron chi connectivity index (χ4n) is 2.81. The van der Waals surface area contributed by atoms with Gasteiger partial charge in [0.1, 0.15) is 12.7 Å². The first-order valence-corrected chi connectivity index (χ1v) is 9.23. The Morgan fingerprint density at radius 1 is 1.34 bits per heavy atom. The molecule has 11 heteroatoms. The van der Waals surface area contributed by atoms with E-state index in [1.165, 1.54) is 13.1 Å². The highest BCUT2D eigenvalue weighted by atomic mass is 35.5. The maximum absolute atomic E-state index is 12.3. The van der Waals surface area contributed by atoms with Crippen LogP contribution in [0.25, 0.3) is 0 Å². The third-order valence-corrected chi connectivity index (χ3v) is 4.44. The van der Waals surface area contributed by atoms with Crippen molar-refractivity contribution in [2.75, 3.05) is 6.61 Å². The smallest absolute Gasteiger partial charge is 0.330 e. The normalized spacial score (nSPS) is 25.8. The summed E-state index contributed by atoms with van der Waals surface area (Å²) in [6.07, 6.45) is -2.81. The average molecular weight is 429 g/mol. The topological polar surface area (TPSA) is 137 Å². The number of halogens is 1. The molecular formula is C18H21ClN2O8. The van der Waals surface area contributed by atoms with E-state index in [0.29, 0.717) is 0 Å². The van der Waals surface area contributed by atoms with Gasteiger partial charge in [-0.25, -0.2) is 4.79 Å². The molecule has 29 heavy (non-hydrogen) atoms. The maximum Gasteiger partial charge on any atom is 0.330 e. The van der Waals surface area contributed by atoms with Crippen molar-refractivity contribution in [1.29, 1.82) is 0 Å². The summed E-state index contributed by atoms with van der Waals surface area (Å²) in [4.78, 5) is 49.5. The summed E-state index contributed by atoms with van der Waals surface area (Å²) in [7, 11) is 0. The summed E-state index contributed by atoms with van der Waals surface area (Å²) < 4.78 is 17.0. The highest BCUT2D eigenvalue weighted by Crippen LogP contribution is 2.40. The molecule has 0 amide bonds. The Morgan fingerprint density at radius 3 is 2.59 bits per heavy atom. The third-order valence-electron chi connectivity index (χ3n) is 4.34. The van der Waals surface area contributed by atoms with Gasteiger partial charge in [0.2, 0.25) is 5.60 Å². The van der Waals surface area contributed by atoms with E-state index in [1.54, 1.807) is 13.8 Å². The van der Waals surface area contributed by atoms with Crippen LogP contribution in [0.2, 0.25) is 0 Å². The van der Waals surface area contributed by atoms with Crippen LogP contribution in [0.3, 0.4) is 0 Å². The Kier molecular flexibility index (Phi) is 7.24. The minimum absolute atomic E-state index is 0.00920. The summed E-state index contributed by atoms with van der Waals surface area (Å²) in [6, 6.07) is 0. The molecule has 1 aliphatic heterocycles. The molecule has 0 unspecified atom stereocenters. The van der Waals surface area contributed by atoms with Gasteiger partial charge in [-0.05, 0) is 24.4 Å². The van der Waals surface area contributed by atoms with Crippen molar-refractivity contribution in [3.05, 3.63) is 32.6 Å². The van der Waals surface area contributed by atoms with Crippen molar-refractivity contribution >= 4 is 23.5 Å². The number of aryl methyl sites for hydroxylation is 1. The predicted molar refractivity (Wildman–Crippen MR) is 100.0 cm³/mol. The molecule has 1 aromatic rings. The Bertz CT molecular complexity index is 959. The minimum atomic E-state index is -2.26. The molecule has 1 saturated heterocycles. The lowest BCUT2D eigenvalue weighted by atomic mass is 9.94. The van der Waals surface area contributed by atoms with Gasteiger partial charge in [0.25, 0.3) is 5.56 Å². The fraction of sp³-hybridized carbons (Fsp3) is 0.556. The van der Waals surface area contributed by atoms with Crippen molar-refractivity contribution in [2.24, 2.45) is 0 Å². The number of nitrogens with zero attached hydrogens (tertiary/aromatic N) is 1. The number of aromatic amines is 1. The molecule has 0 radical (unpaired) electrons. The number of hydrogen-bond acceptors (Lipinski definition) is 8. The van der Waals surface area contributed by atoms with Gasteiger partial charge >= 0.3 is 17.6 Å². The van der Waals surface area contributed by atoms with Crippen molar-refractivity contribution < 1.29 is 28.9 Å². The molecule has 1 fully saturated rings. The number of carbonyl (C=O) groups is 2. The van der Waals surface area contributed by atoms with Crippen LogP contribution in [0.1, 0.15) is 38.5 Å². The largest absolute Gasteiger partial charge is 0.463 e. The van der Waals surface area contributed by atoms with E-state index in [0.717, 1.165) is 4.57 Å². The summed E-state index contributed by atoms with van der Waals surface area (Å²) in [6.45, 7) is 4.22. The van der Waals surface area contributed by atoms with Gasteiger partial charge in [0.15, 0.2) is 12.3 Å². The number of esters is 2. The fourth-order valence-corrected chi connectivity index (χ4v) is 2.96. The van der Waals surface area contributed by atoms with Gasteiger partial charge in [0.05, 0.1) is 0 Å². The standard InChI is InChI=1S/C18H21ClN2O8/c1-4-12(22)27-9-11-14(29-13(23)5-2)18(26,6-7-19)16(28-11)21-8-10(3)15(24)20-17(21)25/h8,11,14,16,26H,4-5,9H2,1-3H3,(H,20,24,25)/t11-,14-,16-,18-/m1/s1. The zero-order chi connectivity index (χ0) is 21.8. The molecule has 2 heterocycles. The number of aromatic nitrogens is 2. The van der Waals surface area contributed by atoms with E-state index in [2.05, 4.69) is 10.9 Å². The second kappa shape index (κ2) is 9.26. The molecule has 4 atom stereocenters. The number of aliphatic hydroxyl groups is 1. The second-order valence-corrected chi connectivity index (χ2v) is 6.54. The molecule has 2 N–H and O–H groups in total. The summed E-state index contributed by atoms with van der Waals surface area (Å²) in [5, 5.41) is 13.3. The van der Waals surface area contributed by atoms with E-state index < -0.39 is 47.2 Å². The molecule has 1 aliphatic rings. The molecule has 10 nitrogen and oxygen atoms in total. The van der Waals surface area contributed by atoms with Crippen LogP contribution in [0, 0.1) is 18.2 Å². The van der Waals surface area contributed by atoms with Gasteiger partial charge in [-0.1, -0.05) is 13.8 Å². The second-order valence-electron chi connectivity index (χ2n) is 6.35. The first-order chi connectivity index (χ1) is 13.7. The van der Waals surface area contributed by atoms with Crippen molar-refractivity contribution in [2.45, 2.75) is 57.6 Å². The molecular weight excluding hydrogens is 408 g/mol. The van der Waals surface area contributed by atoms with Crippen LogP contribution in [0.4, 0.5) is 0 Å². The zero-order valence-electron chi connectivity index (χ0n) is 16.1. The van der Waals surface area contributed by atoms with E-state index in [-0.39, 0.29) is 25.0 Å². The predicted octanol–water partition coefficient (Wildman–Crippen LogP) is -0.0518. The van der Waals surface area contributed by atoms with Crippen molar-refractivity contribution in [3.63, 3.8) is 0 Å². The Balaban J connectivity index is 2.55. The first kappa shape index (κ1) is 22.7. The summed E-state index contributed by atoms with van der Waals surface area (Å²) in [5.41, 5.74) is -3.59. The SMILES string of the molecule is CCC(=O)OC[C@H]1O[C@@H](n2cc(C)c(=O)[nH]c2=O)[C@@](O)(C#CCl)[C@@H]1OC(=O)CC. The highest BCUT2D eigenvalue weighted by molar-refractivity contribution is 6.30. The lowest BCUT2D eigenvalue weighted by Gasteiger charge is -2.29. The van der Waals surface area contributed by atoms with Crippen LogP contribution in [-0.4, -0.2) is 51.0 Å². The number of hydrogen-bond donors (Lipinski definition) is 2. The lowest BCUT2D eigenvalue weighted by Crippen LogP contribution is -2.50. The molecule has 0 saturated carbocycles. The lowest BCUT2D eigenvalue weighted by molar-refractivity contribution is -0.162. The van der Waals surface area contributed by atoms with Gasteiger partial charge < -0.3 is 19.3 Å². The quantitative estimate of drug-likeness (QED) is 0.475. The van der Waals surface area contributed by atoms with E-state index >= 15 is 0 Å². The van der Waals surface area contributed by atoms with Crippen LogP contribution in [0.5, 0.6) is 0 Å². The van der Waals surface area contributed by atoms with E-state index in [4.69, 9.17) is 25.8 Å². The van der Waals surface area contributed by atoms with E-state index in [9.17, 15) is 24.3 Å². The number of carbonyl (C=O) groups excluding carboxylic acids is 2. The van der Waals surface area contributed by atoms with Gasteiger partial charge in [-0.2, -0.15) is 0 Å². The summed E-state index contributed by atoms with van der Waals surface area (Å²) >= 11 is 5.51. The number of ether oxygens (including phenoxy) is 3. The van der Waals surface area contributed by atoms with Crippen molar-refractivity contribution in [3.8, 4) is 11.3 Å². The zero-order valence-corrected chi connectivity index (χ0v) is 16.8. The van der Waals surface area contributed by atoms with Crippen LogP contribution in [-0.2, 0) is 23.8 Å². The maximum atomic E-state index is 12.3.